The molecule has 1 amide bonds. The van der Waals surface area contributed by atoms with Crippen LogP contribution in [0, 0.1) is 0 Å². The number of aromatic nitrogens is 3. The zero-order valence-corrected chi connectivity index (χ0v) is 29.8. The van der Waals surface area contributed by atoms with Crippen molar-refractivity contribution in [3.05, 3.63) is 90.0 Å². The fourth-order valence-electron chi connectivity index (χ4n) is 5.77. The molecule has 260 valence electrons. The Bertz CT molecular complexity index is 1700. The number of benzene rings is 3. The number of carbonyl (C=O) groups excluding carboxylic acids is 1. The molecule has 1 aliphatic rings. The van der Waals surface area contributed by atoms with Gasteiger partial charge in [0.25, 0.3) is 5.91 Å². The van der Waals surface area contributed by atoms with Crippen molar-refractivity contribution >= 4 is 34.2 Å². The van der Waals surface area contributed by atoms with Crippen LogP contribution in [-0.2, 0) is 32.6 Å². The predicted octanol–water partition coefficient (Wildman–Crippen LogP) is 7.89. The van der Waals surface area contributed by atoms with E-state index in [0.29, 0.717) is 36.0 Å². The molecule has 49 heavy (non-hydrogen) atoms. The molecule has 0 fully saturated rings. The van der Waals surface area contributed by atoms with Gasteiger partial charge in [-0.05, 0) is 97.0 Å². The summed E-state index contributed by atoms with van der Waals surface area (Å²) in [5.74, 6) is 1.70. The quantitative estimate of drug-likeness (QED) is 0.107. The lowest BCUT2D eigenvalue weighted by Crippen LogP contribution is -2.26. The number of hydrogen-bond acceptors (Lipinski definition) is 7. The first-order chi connectivity index (χ1) is 24.0. The van der Waals surface area contributed by atoms with Crippen molar-refractivity contribution in [1.29, 1.82) is 0 Å². The van der Waals surface area contributed by atoms with E-state index in [9.17, 15) is 9.00 Å². The Morgan fingerprint density at radius 3 is 2.41 bits per heavy atom. The Morgan fingerprint density at radius 1 is 0.878 bits per heavy atom. The third-order valence-electron chi connectivity index (χ3n) is 8.54. The second-order valence-corrected chi connectivity index (χ2v) is 13.7. The maximum absolute atomic E-state index is 13.6. The van der Waals surface area contributed by atoms with Crippen LogP contribution in [0.5, 0.6) is 5.75 Å². The highest BCUT2D eigenvalue weighted by Crippen LogP contribution is 2.33. The third-order valence-corrected chi connectivity index (χ3v) is 9.86. The SMILES string of the molecule is CCCCOCCOc1ccc(-c2ccc3c(c2)C=C(C(=O)Nc2ccc(S(=O)Cc4nncn4CCCC)cc2)CCN3CCC)cc1. The smallest absolute Gasteiger partial charge is 0.251 e. The van der Waals surface area contributed by atoms with Crippen LogP contribution in [0.2, 0.25) is 0 Å². The molecule has 5 rings (SSSR count). The first-order valence-corrected chi connectivity index (χ1v) is 18.9. The summed E-state index contributed by atoms with van der Waals surface area (Å²) in [4.78, 5) is 16.7. The van der Waals surface area contributed by atoms with Gasteiger partial charge in [-0.25, -0.2) is 0 Å². The monoisotopic (exact) mass is 683 g/mol. The first kappa shape index (κ1) is 36.0. The summed E-state index contributed by atoms with van der Waals surface area (Å²) in [5.41, 5.74) is 5.70. The molecule has 1 aromatic heterocycles. The number of unbranched alkanes of at least 4 members (excludes halogenated alkanes) is 2. The number of amides is 1. The van der Waals surface area contributed by atoms with Crippen molar-refractivity contribution in [1.82, 2.24) is 14.8 Å². The van der Waals surface area contributed by atoms with Gasteiger partial charge >= 0.3 is 0 Å². The Balaban J connectivity index is 1.25. The van der Waals surface area contributed by atoms with Gasteiger partial charge in [0, 0.05) is 48.1 Å². The molecule has 4 aromatic rings. The number of carbonyl (C=O) groups is 1. The molecule has 9 nitrogen and oxygen atoms in total. The minimum atomic E-state index is -1.28. The Labute approximate surface area is 293 Å². The minimum Gasteiger partial charge on any atom is -0.491 e. The molecule has 0 aliphatic carbocycles. The third kappa shape index (κ3) is 10.1. The van der Waals surface area contributed by atoms with E-state index in [1.807, 2.05) is 47.0 Å². The largest absolute Gasteiger partial charge is 0.491 e. The second-order valence-electron chi connectivity index (χ2n) is 12.3. The Kier molecular flexibility index (Phi) is 13.6. The molecular weight excluding hydrogens is 635 g/mol. The van der Waals surface area contributed by atoms with Crippen LogP contribution < -0.4 is 15.0 Å². The molecule has 0 radical (unpaired) electrons. The van der Waals surface area contributed by atoms with Crippen molar-refractivity contribution < 1.29 is 18.5 Å². The Morgan fingerprint density at radius 2 is 1.65 bits per heavy atom. The zero-order valence-electron chi connectivity index (χ0n) is 29.0. The number of hydrogen-bond donors (Lipinski definition) is 1. The number of rotatable bonds is 18. The van der Waals surface area contributed by atoms with Gasteiger partial charge < -0.3 is 24.3 Å². The van der Waals surface area contributed by atoms with E-state index in [0.717, 1.165) is 97.9 Å². The molecule has 0 spiro atoms. The summed E-state index contributed by atoms with van der Waals surface area (Å²) >= 11 is 0. The maximum atomic E-state index is 13.6. The van der Waals surface area contributed by atoms with Crippen molar-refractivity contribution in [2.24, 2.45) is 0 Å². The lowest BCUT2D eigenvalue weighted by atomic mass is 10.00. The molecule has 0 saturated carbocycles. The van der Waals surface area contributed by atoms with Gasteiger partial charge in [0.2, 0.25) is 0 Å². The van der Waals surface area contributed by atoms with Crippen LogP contribution in [0.15, 0.2) is 83.5 Å². The molecule has 1 aliphatic heterocycles. The van der Waals surface area contributed by atoms with E-state index in [2.05, 4.69) is 71.5 Å². The molecule has 3 aromatic carbocycles. The molecule has 2 heterocycles. The van der Waals surface area contributed by atoms with Crippen molar-refractivity contribution in [3.8, 4) is 16.9 Å². The van der Waals surface area contributed by atoms with Crippen LogP contribution in [0.1, 0.15) is 70.7 Å². The first-order valence-electron chi connectivity index (χ1n) is 17.6. The average molecular weight is 684 g/mol. The highest BCUT2D eigenvalue weighted by atomic mass is 32.2. The summed E-state index contributed by atoms with van der Waals surface area (Å²) in [6, 6.07) is 21.9. The van der Waals surface area contributed by atoms with E-state index < -0.39 is 10.8 Å². The van der Waals surface area contributed by atoms with Gasteiger partial charge in [0.05, 0.1) is 23.2 Å². The molecule has 1 unspecified atom stereocenters. The van der Waals surface area contributed by atoms with E-state index in [1.165, 1.54) is 0 Å². The Hall–Kier alpha value is -4.28. The fraction of sp³-hybridized carbons (Fsp3) is 0.410. The normalized spacial score (nSPS) is 13.4. The minimum absolute atomic E-state index is 0.132. The highest BCUT2D eigenvalue weighted by Gasteiger charge is 2.20. The number of anilines is 2. The van der Waals surface area contributed by atoms with Gasteiger partial charge in [-0.3, -0.25) is 9.00 Å². The van der Waals surface area contributed by atoms with Crippen molar-refractivity contribution in [2.75, 3.05) is 43.1 Å². The standard InChI is InChI=1S/C39H49N5O4S/c1-4-7-21-44-29-40-42-38(44)28-49(46)36-16-12-34(13-17-36)41-39(45)32-19-22-43(20-6-3)37-18-11-31(26-33(37)27-32)30-9-14-35(15-10-30)48-25-24-47-23-8-5-2/h9-18,26-27,29H,4-8,19-25,28H2,1-3H3,(H,41,45). The molecule has 1 N–H and O–H groups in total. The number of nitrogens with one attached hydrogen (secondary N) is 1. The summed E-state index contributed by atoms with van der Waals surface area (Å²) in [7, 11) is -1.28. The predicted molar refractivity (Wildman–Crippen MR) is 198 cm³/mol. The molecular formula is C39H49N5O4S. The van der Waals surface area contributed by atoms with Gasteiger partial charge in [-0.1, -0.05) is 51.8 Å². The summed E-state index contributed by atoms with van der Waals surface area (Å²) < 4.78 is 26.5. The average Bonchev–Trinajstić information content (AvgIpc) is 3.48. The van der Waals surface area contributed by atoms with Gasteiger partial charge in [-0.2, -0.15) is 0 Å². The maximum Gasteiger partial charge on any atom is 0.251 e. The molecule has 0 bridgehead atoms. The molecule has 10 heteroatoms. The van der Waals surface area contributed by atoms with Crippen LogP contribution in [0.25, 0.3) is 17.2 Å². The number of nitrogens with zero attached hydrogens (tertiary/aromatic N) is 4. The fourth-order valence-corrected chi connectivity index (χ4v) is 6.84. The van der Waals surface area contributed by atoms with Crippen LogP contribution in [0.3, 0.4) is 0 Å². The van der Waals surface area contributed by atoms with Gasteiger partial charge in [-0.15, -0.1) is 10.2 Å². The highest BCUT2D eigenvalue weighted by molar-refractivity contribution is 7.84. The number of aryl methyl sites for hydroxylation is 1. The lowest BCUT2D eigenvalue weighted by molar-refractivity contribution is -0.112. The molecule has 1 atom stereocenters. The van der Waals surface area contributed by atoms with Crippen LogP contribution in [0.4, 0.5) is 11.4 Å². The van der Waals surface area contributed by atoms with E-state index >= 15 is 0 Å². The summed E-state index contributed by atoms with van der Waals surface area (Å²) in [6.45, 7) is 10.8. The topological polar surface area (TPSA) is 98.6 Å². The van der Waals surface area contributed by atoms with Gasteiger partial charge in [0.1, 0.15) is 24.5 Å². The van der Waals surface area contributed by atoms with Crippen LogP contribution >= 0.6 is 0 Å². The van der Waals surface area contributed by atoms with E-state index in [4.69, 9.17) is 9.47 Å². The zero-order chi connectivity index (χ0) is 34.4. The second kappa shape index (κ2) is 18.5. The lowest BCUT2D eigenvalue weighted by Gasteiger charge is -2.25. The summed E-state index contributed by atoms with van der Waals surface area (Å²) in [6.07, 6.45) is 9.64. The molecule has 0 saturated heterocycles. The number of ether oxygens (including phenoxy) is 2. The van der Waals surface area contributed by atoms with Gasteiger partial charge in [0.15, 0.2) is 0 Å². The van der Waals surface area contributed by atoms with Crippen LogP contribution in [-0.4, -0.2) is 57.8 Å². The summed E-state index contributed by atoms with van der Waals surface area (Å²) in [5, 5.41) is 11.2. The van der Waals surface area contributed by atoms with Crippen molar-refractivity contribution in [3.63, 3.8) is 0 Å². The van der Waals surface area contributed by atoms with E-state index in [-0.39, 0.29) is 5.91 Å². The van der Waals surface area contributed by atoms with Crippen molar-refractivity contribution in [2.45, 2.75) is 76.5 Å². The van der Waals surface area contributed by atoms with E-state index in [1.54, 1.807) is 6.33 Å². The number of fused-ring (bicyclic) bond motifs is 1.